The van der Waals surface area contributed by atoms with E-state index in [1.165, 1.54) is 13.5 Å². The maximum absolute atomic E-state index is 12.5. The average Bonchev–Trinajstić information content (AvgIpc) is 2.35. The molecule has 116 valence electrons. The van der Waals surface area contributed by atoms with E-state index in [0.29, 0.717) is 19.0 Å². The highest BCUT2D eigenvalue weighted by Crippen LogP contribution is 2.51. The topological polar surface area (TPSA) is 63.7 Å². The summed E-state index contributed by atoms with van der Waals surface area (Å²) in [6.07, 6.45) is 4.39. The molecule has 1 aliphatic heterocycles. The number of carbonyl (C=O) groups excluding carboxylic acids is 1. The Balaban J connectivity index is 2.04. The number of ether oxygens (including phenoxy) is 1. The lowest BCUT2D eigenvalue weighted by molar-refractivity contribution is -0.144. The van der Waals surface area contributed by atoms with E-state index in [4.69, 9.17) is 0 Å². The van der Waals surface area contributed by atoms with Crippen LogP contribution in [0.15, 0.2) is 0 Å². The van der Waals surface area contributed by atoms with Crippen LogP contribution in [0.2, 0.25) is 0 Å². The van der Waals surface area contributed by atoms with Crippen molar-refractivity contribution in [3.63, 3.8) is 0 Å². The molecule has 0 radical (unpaired) electrons. The van der Waals surface area contributed by atoms with Gasteiger partial charge in [0.2, 0.25) is 10.0 Å². The highest BCUT2D eigenvalue weighted by Gasteiger charge is 2.47. The van der Waals surface area contributed by atoms with Gasteiger partial charge in [-0.1, -0.05) is 20.3 Å². The van der Waals surface area contributed by atoms with Crippen molar-refractivity contribution < 1.29 is 17.9 Å². The second-order valence-electron chi connectivity index (χ2n) is 6.44. The second-order valence-corrected chi connectivity index (χ2v) is 8.46. The Morgan fingerprint density at radius 3 is 2.60 bits per heavy atom. The number of piperidine rings is 1. The van der Waals surface area contributed by atoms with Gasteiger partial charge in [-0.15, -0.1) is 0 Å². The number of methoxy groups -OCH3 is 1. The standard InChI is InChI=1S/C14H25NO4S/c1-11(13(16)19-3)9-20(17,18)15-8-5-12(2)14(10-15)6-4-7-14/h11-12H,4-10H2,1-3H3/t11-,12-/m0/s1. The van der Waals surface area contributed by atoms with Crippen LogP contribution in [0.25, 0.3) is 0 Å². The maximum atomic E-state index is 12.5. The van der Waals surface area contributed by atoms with Crippen LogP contribution >= 0.6 is 0 Å². The van der Waals surface area contributed by atoms with Gasteiger partial charge < -0.3 is 4.74 Å². The minimum atomic E-state index is -3.38. The van der Waals surface area contributed by atoms with E-state index in [0.717, 1.165) is 19.3 Å². The SMILES string of the molecule is COC(=O)[C@@H](C)CS(=O)(=O)N1CC[C@H](C)C2(CCC2)C1. The van der Waals surface area contributed by atoms with E-state index < -0.39 is 21.9 Å². The molecule has 0 unspecified atom stereocenters. The summed E-state index contributed by atoms with van der Waals surface area (Å²) in [6, 6.07) is 0. The van der Waals surface area contributed by atoms with Gasteiger partial charge in [0.15, 0.2) is 0 Å². The number of rotatable bonds is 4. The fourth-order valence-electron chi connectivity index (χ4n) is 3.44. The molecule has 1 spiro atoms. The van der Waals surface area contributed by atoms with Crippen molar-refractivity contribution in [3.8, 4) is 0 Å². The Hall–Kier alpha value is -0.620. The molecule has 1 heterocycles. The van der Waals surface area contributed by atoms with Gasteiger partial charge in [0.05, 0.1) is 18.8 Å². The van der Waals surface area contributed by atoms with E-state index in [9.17, 15) is 13.2 Å². The first-order valence-corrected chi connectivity index (χ1v) is 8.97. The van der Waals surface area contributed by atoms with Gasteiger partial charge in [0.1, 0.15) is 0 Å². The molecule has 5 nitrogen and oxygen atoms in total. The molecule has 0 aromatic heterocycles. The number of hydrogen-bond donors (Lipinski definition) is 0. The summed E-state index contributed by atoms with van der Waals surface area (Å²) in [6.45, 7) is 5.05. The van der Waals surface area contributed by atoms with Gasteiger partial charge >= 0.3 is 5.97 Å². The second kappa shape index (κ2) is 5.64. The Bertz CT molecular complexity index is 470. The van der Waals surface area contributed by atoms with Crippen molar-refractivity contribution in [1.82, 2.24) is 4.31 Å². The van der Waals surface area contributed by atoms with Crippen LogP contribution in [-0.4, -0.2) is 44.6 Å². The van der Waals surface area contributed by atoms with Crippen LogP contribution < -0.4 is 0 Å². The van der Waals surface area contributed by atoms with Crippen LogP contribution in [0.5, 0.6) is 0 Å². The van der Waals surface area contributed by atoms with Crippen LogP contribution in [0, 0.1) is 17.3 Å². The van der Waals surface area contributed by atoms with E-state index in [1.807, 2.05) is 0 Å². The summed E-state index contributed by atoms with van der Waals surface area (Å²) in [5.74, 6) is -0.621. The number of hydrogen-bond acceptors (Lipinski definition) is 4. The van der Waals surface area contributed by atoms with E-state index in [2.05, 4.69) is 11.7 Å². The van der Waals surface area contributed by atoms with Gasteiger partial charge in [-0.05, 0) is 30.6 Å². The molecule has 0 aromatic carbocycles. The van der Waals surface area contributed by atoms with Crippen molar-refractivity contribution in [2.45, 2.75) is 39.5 Å². The number of carbonyl (C=O) groups is 1. The van der Waals surface area contributed by atoms with Crippen molar-refractivity contribution in [2.75, 3.05) is 26.0 Å². The highest BCUT2D eigenvalue weighted by molar-refractivity contribution is 7.89. The molecule has 1 saturated carbocycles. The van der Waals surface area contributed by atoms with Crippen LogP contribution in [-0.2, 0) is 19.6 Å². The largest absolute Gasteiger partial charge is 0.469 e. The molecule has 0 bridgehead atoms. The zero-order valence-electron chi connectivity index (χ0n) is 12.6. The molecule has 2 rings (SSSR count). The molecule has 1 saturated heterocycles. The first-order chi connectivity index (χ1) is 9.31. The minimum Gasteiger partial charge on any atom is -0.469 e. The van der Waals surface area contributed by atoms with E-state index in [-0.39, 0.29) is 11.2 Å². The molecule has 0 amide bonds. The fourth-order valence-corrected chi connectivity index (χ4v) is 5.26. The summed E-state index contributed by atoms with van der Waals surface area (Å²) in [5, 5.41) is 0. The average molecular weight is 303 g/mol. The fraction of sp³-hybridized carbons (Fsp3) is 0.929. The maximum Gasteiger partial charge on any atom is 0.309 e. The molecule has 0 aromatic rings. The predicted molar refractivity (Wildman–Crippen MR) is 76.6 cm³/mol. The van der Waals surface area contributed by atoms with Crippen LogP contribution in [0.1, 0.15) is 39.5 Å². The Morgan fingerprint density at radius 2 is 2.10 bits per heavy atom. The monoisotopic (exact) mass is 303 g/mol. The van der Waals surface area contributed by atoms with Crippen LogP contribution in [0.4, 0.5) is 0 Å². The van der Waals surface area contributed by atoms with Crippen LogP contribution in [0.3, 0.4) is 0 Å². The Kier molecular flexibility index (Phi) is 4.44. The molecule has 6 heteroatoms. The lowest BCUT2D eigenvalue weighted by atomic mass is 9.59. The van der Waals surface area contributed by atoms with Gasteiger partial charge in [-0.2, -0.15) is 0 Å². The third-order valence-corrected chi connectivity index (χ3v) is 7.17. The van der Waals surface area contributed by atoms with Crippen molar-refractivity contribution in [3.05, 3.63) is 0 Å². The Morgan fingerprint density at radius 1 is 1.45 bits per heavy atom. The Labute approximate surface area is 121 Å². The summed E-state index contributed by atoms with van der Waals surface area (Å²) < 4.78 is 31.2. The molecular formula is C14H25NO4S. The normalized spacial score (nSPS) is 27.9. The number of esters is 1. The minimum absolute atomic E-state index is 0.149. The third kappa shape index (κ3) is 2.86. The first kappa shape index (κ1) is 15.8. The molecule has 0 N–H and O–H groups in total. The number of nitrogens with zero attached hydrogens (tertiary/aromatic N) is 1. The summed E-state index contributed by atoms with van der Waals surface area (Å²) in [7, 11) is -2.09. The summed E-state index contributed by atoms with van der Waals surface area (Å²) >= 11 is 0. The molecule has 20 heavy (non-hydrogen) atoms. The zero-order chi connectivity index (χ0) is 15.0. The molecule has 2 fully saturated rings. The van der Waals surface area contributed by atoms with Crippen molar-refractivity contribution >= 4 is 16.0 Å². The van der Waals surface area contributed by atoms with Gasteiger partial charge in [-0.25, -0.2) is 12.7 Å². The molecular weight excluding hydrogens is 278 g/mol. The molecule has 2 atom stereocenters. The van der Waals surface area contributed by atoms with Gasteiger partial charge in [0, 0.05) is 13.1 Å². The third-order valence-electron chi connectivity index (χ3n) is 5.16. The summed E-state index contributed by atoms with van der Waals surface area (Å²) in [5.41, 5.74) is 0.194. The smallest absolute Gasteiger partial charge is 0.309 e. The summed E-state index contributed by atoms with van der Waals surface area (Å²) in [4.78, 5) is 11.4. The first-order valence-electron chi connectivity index (χ1n) is 7.36. The molecule has 2 aliphatic rings. The lowest BCUT2D eigenvalue weighted by Gasteiger charge is -2.52. The lowest BCUT2D eigenvalue weighted by Crippen LogP contribution is -2.54. The van der Waals surface area contributed by atoms with Crippen molar-refractivity contribution in [1.29, 1.82) is 0 Å². The van der Waals surface area contributed by atoms with E-state index >= 15 is 0 Å². The zero-order valence-corrected chi connectivity index (χ0v) is 13.4. The number of sulfonamides is 1. The van der Waals surface area contributed by atoms with Gasteiger partial charge in [0.25, 0.3) is 0 Å². The van der Waals surface area contributed by atoms with Gasteiger partial charge in [-0.3, -0.25) is 4.79 Å². The quantitative estimate of drug-likeness (QED) is 0.741. The van der Waals surface area contributed by atoms with E-state index in [1.54, 1.807) is 11.2 Å². The molecule has 1 aliphatic carbocycles. The van der Waals surface area contributed by atoms with Crippen molar-refractivity contribution in [2.24, 2.45) is 17.3 Å². The highest BCUT2D eigenvalue weighted by atomic mass is 32.2. The predicted octanol–water partition coefficient (Wildman–Crippen LogP) is 1.64.